The average Bonchev–Trinajstić information content (AvgIpc) is 0.722. The van der Waals surface area contributed by atoms with Gasteiger partial charge in [-0.3, -0.25) is 0 Å². The van der Waals surface area contributed by atoms with Crippen LogP contribution in [0.2, 0.25) is 6.32 Å². The molecule has 1 saturated heterocycles. The molecule has 2 heteroatoms. The zero-order chi connectivity index (χ0) is 2.83. The summed E-state index contributed by atoms with van der Waals surface area (Å²) in [6.07, 6.45) is 1.15. The normalized spacial score (nSPS) is 22.0. The van der Waals surface area contributed by atoms with E-state index in [-0.39, 0.29) is 0 Å². The van der Waals surface area contributed by atoms with E-state index in [9.17, 15) is 0 Å². The van der Waals surface area contributed by atoms with Crippen LogP contribution in [0.3, 0.4) is 0 Å². The molecule has 0 saturated carbocycles. The first-order valence-corrected chi connectivity index (χ1v) is 1.43. The van der Waals surface area contributed by atoms with Gasteiger partial charge in [0, 0.05) is 6.61 Å². The van der Waals surface area contributed by atoms with Gasteiger partial charge in [0.15, 0.2) is 0 Å². The van der Waals surface area contributed by atoms with Crippen molar-refractivity contribution >= 4 is 7.48 Å². The summed E-state index contributed by atoms with van der Waals surface area (Å²) in [7, 11) is 1.81. The van der Waals surface area contributed by atoms with Gasteiger partial charge in [-0.2, -0.15) is 0 Å². The lowest BCUT2D eigenvalue weighted by Gasteiger charge is -2.06. The third-order valence-electron chi connectivity index (χ3n) is 0.471. The molecule has 0 spiro atoms. The van der Waals surface area contributed by atoms with Crippen LogP contribution < -0.4 is 0 Å². The van der Waals surface area contributed by atoms with Crippen LogP contribution in [-0.2, 0) is 4.65 Å². The Labute approximate surface area is 26.2 Å². The van der Waals surface area contributed by atoms with E-state index in [1.165, 1.54) is 0 Å². The van der Waals surface area contributed by atoms with Crippen molar-refractivity contribution in [3.63, 3.8) is 0 Å². The lowest BCUT2D eigenvalue weighted by molar-refractivity contribution is 0.301. The molecule has 0 N–H and O–H groups in total. The number of rotatable bonds is 0. The molecule has 0 aromatic rings. The Bertz CT molecular complexity index is 14.0. The quantitative estimate of drug-likeness (QED) is 0.356. The van der Waals surface area contributed by atoms with Crippen molar-refractivity contribution in [3.8, 4) is 0 Å². The van der Waals surface area contributed by atoms with E-state index < -0.39 is 0 Å². The summed E-state index contributed by atoms with van der Waals surface area (Å²) in [5.74, 6) is 0. The molecule has 1 heterocycles. The molecule has 0 atom stereocenters. The Balaban J connectivity index is 2.00. The Morgan fingerprint density at radius 1 is 1.75 bits per heavy atom. The molecule has 0 amide bonds. The van der Waals surface area contributed by atoms with E-state index in [0.717, 1.165) is 12.9 Å². The molecule has 0 aliphatic carbocycles. The molecule has 1 nitrogen and oxygen atoms in total. The standard InChI is InChI=1S/C2H4BO/c1-2-4-3-1/h1-2H2. The molecule has 0 aromatic carbocycles. The molecular weight excluding hydrogens is 50.8 g/mol. The maximum atomic E-state index is 4.60. The second-order valence-electron chi connectivity index (χ2n) is 0.826. The molecular formula is C2H4BO. The zero-order valence-corrected chi connectivity index (χ0v) is 2.40. The van der Waals surface area contributed by atoms with Gasteiger partial charge in [0.05, 0.1) is 0 Å². The second kappa shape index (κ2) is 0.766. The van der Waals surface area contributed by atoms with Crippen molar-refractivity contribution in [3.05, 3.63) is 0 Å². The third kappa shape index (κ3) is 0.131. The SMILES string of the molecule is [B]1CCO1. The van der Waals surface area contributed by atoms with Crippen LogP contribution in [0.4, 0.5) is 0 Å². The molecule has 1 fully saturated rings. The summed E-state index contributed by atoms with van der Waals surface area (Å²) >= 11 is 0. The van der Waals surface area contributed by atoms with Crippen molar-refractivity contribution in [1.29, 1.82) is 0 Å². The van der Waals surface area contributed by atoms with Crippen molar-refractivity contribution in [1.82, 2.24) is 0 Å². The molecule has 1 aliphatic rings. The topological polar surface area (TPSA) is 9.23 Å². The summed E-state index contributed by atoms with van der Waals surface area (Å²) in [6, 6.07) is 0. The van der Waals surface area contributed by atoms with Gasteiger partial charge in [-0.05, 0) is 6.32 Å². The largest absolute Gasteiger partial charge is 0.441 e. The van der Waals surface area contributed by atoms with Crippen LogP contribution in [-0.4, -0.2) is 14.1 Å². The van der Waals surface area contributed by atoms with Gasteiger partial charge in [0.1, 0.15) is 0 Å². The summed E-state index contributed by atoms with van der Waals surface area (Å²) < 4.78 is 4.60. The summed E-state index contributed by atoms with van der Waals surface area (Å²) in [5, 5.41) is 0. The lowest BCUT2D eigenvalue weighted by Crippen LogP contribution is -2.12. The summed E-state index contributed by atoms with van der Waals surface area (Å²) in [6.45, 7) is 0.944. The zero-order valence-electron chi connectivity index (χ0n) is 2.40. The van der Waals surface area contributed by atoms with Gasteiger partial charge in [0.2, 0.25) is 0 Å². The average molecular weight is 54.9 g/mol. The Hall–Kier alpha value is 0.0249. The fourth-order valence-electron chi connectivity index (χ4n) is 0.118. The Morgan fingerprint density at radius 3 is 2.00 bits per heavy atom. The van der Waals surface area contributed by atoms with Gasteiger partial charge in [0.25, 0.3) is 7.48 Å². The molecule has 1 aliphatic heterocycles. The van der Waals surface area contributed by atoms with Crippen LogP contribution >= 0.6 is 0 Å². The van der Waals surface area contributed by atoms with Crippen LogP contribution in [0.25, 0.3) is 0 Å². The van der Waals surface area contributed by atoms with E-state index in [2.05, 4.69) is 4.65 Å². The molecule has 1 rings (SSSR count). The summed E-state index contributed by atoms with van der Waals surface area (Å²) in [5.41, 5.74) is 0. The lowest BCUT2D eigenvalue weighted by atomic mass is 9.90. The first-order chi connectivity index (χ1) is 2.00. The van der Waals surface area contributed by atoms with Gasteiger partial charge in [-0.15, -0.1) is 0 Å². The highest BCUT2D eigenvalue weighted by Gasteiger charge is 1.99. The predicted octanol–water partition coefficient (Wildman–Crippen LogP) is 0.0541. The molecule has 0 bridgehead atoms. The highest BCUT2D eigenvalue weighted by atomic mass is 16.4. The number of hydrogen-bond donors (Lipinski definition) is 0. The molecule has 0 aromatic heterocycles. The summed E-state index contributed by atoms with van der Waals surface area (Å²) in [4.78, 5) is 0. The minimum atomic E-state index is 0.944. The molecule has 21 valence electrons. The maximum absolute atomic E-state index is 4.60. The van der Waals surface area contributed by atoms with Gasteiger partial charge >= 0.3 is 0 Å². The van der Waals surface area contributed by atoms with Crippen molar-refractivity contribution in [2.45, 2.75) is 6.32 Å². The van der Waals surface area contributed by atoms with Gasteiger partial charge < -0.3 is 4.65 Å². The Kier molecular flexibility index (Phi) is 0.435. The monoisotopic (exact) mass is 55.0 g/mol. The van der Waals surface area contributed by atoms with Crippen molar-refractivity contribution < 1.29 is 4.65 Å². The third-order valence-corrected chi connectivity index (χ3v) is 0.471. The van der Waals surface area contributed by atoms with E-state index in [1.54, 1.807) is 7.48 Å². The van der Waals surface area contributed by atoms with Crippen molar-refractivity contribution in [2.75, 3.05) is 6.61 Å². The van der Waals surface area contributed by atoms with Crippen LogP contribution in [0.1, 0.15) is 0 Å². The highest BCUT2D eigenvalue weighted by molar-refractivity contribution is 6.30. The molecule has 0 unspecified atom stereocenters. The minimum absolute atomic E-state index is 0.944. The number of hydrogen-bond acceptors (Lipinski definition) is 1. The van der Waals surface area contributed by atoms with E-state index in [4.69, 9.17) is 0 Å². The minimum Gasteiger partial charge on any atom is -0.441 e. The fraction of sp³-hybridized carbons (Fsp3) is 1.00. The fourth-order valence-corrected chi connectivity index (χ4v) is 0.118. The molecule has 4 heavy (non-hydrogen) atoms. The van der Waals surface area contributed by atoms with Gasteiger partial charge in [-0.1, -0.05) is 0 Å². The highest BCUT2D eigenvalue weighted by Crippen LogP contribution is 1.91. The smallest absolute Gasteiger partial charge is 0.294 e. The predicted molar refractivity (Wildman–Crippen MR) is 16.5 cm³/mol. The van der Waals surface area contributed by atoms with Crippen LogP contribution in [0.15, 0.2) is 0 Å². The van der Waals surface area contributed by atoms with Crippen LogP contribution in [0, 0.1) is 0 Å². The van der Waals surface area contributed by atoms with Gasteiger partial charge in [-0.25, -0.2) is 0 Å². The maximum Gasteiger partial charge on any atom is 0.294 e. The first kappa shape index (κ1) is 2.27. The van der Waals surface area contributed by atoms with E-state index in [1.807, 2.05) is 0 Å². The van der Waals surface area contributed by atoms with Crippen LogP contribution in [0.5, 0.6) is 0 Å². The van der Waals surface area contributed by atoms with E-state index in [0.29, 0.717) is 0 Å². The Morgan fingerprint density at radius 2 is 2.00 bits per heavy atom. The molecule has 1 radical (unpaired) electrons. The first-order valence-electron chi connectivity index (χ1n) is 1.43. The van der Waals surface area contributed by atoms with E-state index >= 15 is 0 Å². The van der Waals surface area contributed by atoms with Crippen molar-refractivity contribution in [2.24, 2.45) is 0 Å². The second-order valence-corrected chi connectivity index (χ2v) is 0.826.